The van der Waals surface area contributed by atoms with Crippen LogP contribution in [-0.2, 0) is 0 Å². The molecule has 2 N–H and O–H groups in total. The standard InChI is InChI=1S/C27H32N2O4/c1-32-26-10-6-5-9-25(26)29-17-15-28(16-18-29)19-23(30)20-33-24-13-11-22(12-14-24)27(31)21-7-3-2-4-8-21/h2-14,23,27,30-31H,15-20H2,1H3. The molecule has 2 unspecified atom stereocenters. The van der Waals surface area contributed by atoms with Gasteiger partial charge >= 0.3 is 0 Å². The predicted octanol–water partition coefficient (Wildman–Crippen LogP) is 3.34. The molecule has 3 aromatic rings. The SMILES string of the molecule is COc1ccccc1N1CCN(CC(O)COc2ccc(C(O)c3ccccc3)cc2)CC1. The third-order valence-electron chi connectivity index (χ3n) is 6.02. The molecular weight excluding hydrogens is 416 g/mol. The smallest absolute Gasteiger partial charge is 0.142 e. The Morgan fingerprint density at radius 2 is 1.42 bits per heavy atom. The number of nitrogens with zero attached hydrogens (tertiary/aromatic N) is 2. The summed E-state index contributed by atoms with van der Waals surface area (Å²) in [6.45, 7) is 4.33. The number of rotatable bonds is 9. The summed E-state index contributed by atoms with van der Waals surface area (Å²) in [4.78, 5) is 4.59. The van der Waals surface area contributed by atoms with Crippen molar-refractivity contribution in [2.75, 3.05) is 51.3 Å². The fourth-order valence-electron chi connectivity index (χ4n) is 4.18. The van der Waals surface area contributed by atoms with Crippen molar-refractivity contribution in [2.24, 2.45) is 0 Å². The number of β-amino-alcohol motifs (C(OH)–C–C–N with tert-alkyl or cyclic N) is 1. The maximum absolute atomic E-state index is 10.5. The van der Waals surface area contributed by atoms with E-state index in [0.717, 1.165) is 48.7 Å². The van der Waals surface area contributed by atoms with Gasteiger partial charge in [0.1, 0.15) is 30.3 Å². The number of hydrogen-bond acceptors (Lipinski definition) is 6. The highest BCUT2D eigenvalue weighted by molar-refractivity contribution is 5.58. The zero-order valence-electron chi connectivity index (χ0n) is 19.0. The van der Waals surface area contributed by atoms with Crippen LogP contribution in [0.15, 0.2) is 78.9 Å². The molecule has 3 aromatic carbocycles. The molecule has 2 atom stereocenters. The predicted molar refractivity (Wildman–Crippen MR) is 130 cm³/mol. The van der Waals surface area contributed by atoms with Crippen LogP contribution in [0.25, 0.3) is 0 Å². The molecule has 0 spiro atoms. The summed E-state index contributed by atoms with van der Waals surface area (Å²) in [6, 6.07) is 25.0. The van der Waals surface area contributed by atoms with Gasteiger partial charge < -0.3 is 24.6 Å². The van der Waals surface area contributed by atoms with Crippen LogP contribution in [0.1, 0.15) is 17.2 Å². The second-order valence-corrected chi connectivity index (χ2v) is 8.31. The fourth-order valence-corrected chi connectivity index (χ4v) is 4.18. The van der Waals surface area contributed by atoms with Crippen molar-refractivity contribution < 1.29 is 19.7 Å². The van der Waals surface area contributed by atoms with E-state index in [1.807, 2.05) is 72.8 Å². The van der Waals surface area contributed by atoms with Crippen LogP contribution in [0, 0.1) is 0 Å². The third-order valence-corrected chi connectivity index (χ3v) is 6.02. The zero-order valence-corrected chi connectivity index (χ0v) is 19.0. The van der Waals surface area contributed by atoms with Gasteiger partial charge in [-0.2, -0.15) is 0 Å². The van der Waals surface area contributed by atoms with Gasteiger partial charge in [-0.15, -0.1) is 0 Å². The molecule has 33 heavy (non-hydrogen) atoms. The minimum absolute atomic E-state index is 0.229. The first-order valence-electron chi connectivity index (χ1n) is 11.4. The Bertz CT molecular complexity index is 989. The van der Waals surface area contributed by atoms with Gasteiger partial charge in [-0.25, -0.2) is 0 Å². The van der Waals surface area contributed by atoms with Crippen LogP contribution >= 0.6 is 0 Å². The molecule has 1 saturated heterocycles. The molecule has 0 bridgehead atoms. The zero-order chi connectivity index (χ0) is 23.0. The first kappa shape index (κ1) is 23.1. The lowest BCUT2D eigenvalue weighted by molar-refractivity contribution is 0.0662. The first-order valence-corrected chi connectivity index (χ1v) is 11.4. The van der Waals surface area contributed by atoms with Crippen molar-refractivity contribution in [1.82, 2.24) is 4.90 Å². The van der Waals surface area contributed by atoms with Crippen molar-refractivity contribution in [1.29, 1.82) is 0 Å². The van der Waals surface area contributed by atoms with Crippen molar-refractivity contribution in [3.05, 3.63) is 90.0 Å². The second-order valence-electron chi connectivity index (χ2n) is 8.31. The highest BCUT2D eigenvalue weighted by Crippen LogP contribution is 2.28. The number of piperazine rings is 1. The summed E-state index contributed by atoms with van der Waals surface area (Å²) in [6.07, 6.45) is -1.24. The summed E-state index contributed by atoms with van der Waals surface area (Å²) in [5.74, 6) is 1.57. The van der Waals surface area contributed by atoms with Gasteiger partial charge in [0.25, 0.3) is 0 Å². The summed E-state index contributed by atoms with van der Waals surface area (Å²) in [7, 11) is 1.70. The van der Waals surface area contributed by atoms with Crippen molar-refractivity contribution in [3.8, 4) is 11.5 Å². The number of ether oxygens (including phenoxy) is 2. The van der Waals surface area contributed by atoms with Gasteiger partial charge in [-0.1, -0.05) is 54.6 Å². The van der Waals surface area contributed by atoms with Gasteiger partial charge in [-0.05, 0) is 35.4 Å². The Kier molecular flexibility index (Phi) is 7.83. The van der Waals surface area contributed by atoms with E-state index in [4.69, 9.17) is 9.47 Å². The molecule has 0 aliphatic carbocycles. The molecule has 0 radical (unpaired) electrons. The second kappa shape index (κ2) is 11.2. The molecule has 6 nitrogen and oxygen atoms in total. The number of hydrogen-bond donors (Lipinski definition) is 2. The summed E-state index contributed by atoms with van der Waals surface area (Å²) in [5.41, 5.74) is 2.78. The lowest BCUT2D eigenvalue weighted by atomic mass is 10.0. The number of anilines is 1. The lowest BCUT2D eigenvalue weighted by Crippen LogP contribution is -2.49. The van der Waals surface area contributed by atoms with Crippen LogP contribution in [-0.4, -0.2) is 67.7 Å². The molecule has 0 saturated carbocycles. The topological polar surface area (TPSA) is 65.4 Å². The maximum Gasteiger partial charge on any atom is 0.142 e. The molecule has 174 valence electrons. The Labute approximate surface area is 195 Å². The van der Waals surface area contributed by atoms with E-state index in [-0.39, 0.29) is 6.61 Å². The maximum atomic E-state index is 10.5. The Morgan fingerprint density at radius 1 is 0.788 bits per heavy atom. The van der Waals surface area contributed by atoms with Gasteiger partial charge in [0, 0.05) is 32.7 Å². The van der Waals surface area contributed by atoms with E-state index in [9.17, 15) is 10.2 Å². The quantitative estimate of drug-likeness (QED) is 0.524. The summed E-state index contributed by atoms with van der Waals surface area (Å²) >= 11 is 0. The van der Waals surface area contributed by atoms with Gasteiger partial charge in [0.05, 0.1) is 12.8 Å². The van der Waals surface area contributed by atoms with E-state index in [0.29, 0.717) is 12.3 Å². The van der Waals surface area contributed by atoms with Crippen molar-refractivity contribution in [2.45, 2.75) is 12.2 Å². The van der Waals surface area contributed by atoms with Crippen molar-refractivity contribution in [3.63, 3.8) is 0 Å². The van der Waals surface area contributed by atoms with E-state index in [2.05, 4.69) is 15.9 Å². The van der Waals surface area contributed by atoms with Crippen molar-refractivity contribution >= 4 is 5.69 Å². The number of methoxy groups -OCH3 is 1. The van der Waals surface area contributed by atoms with E-state index in [1.54, 1.807) is 7.11 Å². The molecule has 0 aromatic heterocycles. The van der Waals surface area contributed by atoms with Gasteiger partial charge in [0.15, 0.2) is 0 Å². The largest absolute Gasteiger partial charge is 0.495 e. The molecule has 0 amide bonds. The van der Waals surface area contributed by atoms with E-state index in [1.165, 1.54) is 0 Å². The van der Waals surface area contributed by atoms with Crippen LogP contribution < -0.4 is 14.4 Å². The van der Waals surface area contributed by atoms with Crippen LogP contribution in [0.5, 0.6) is 11.5 Å². The fraction of sp³-hybridized carbons (Fsp3) is 0.333. The lowest BCUT2D eigenvalue weighted by Gasteiger charge is -2.37. The molecular formula is C27H32N2O4. The Balaban J connectivity index is 1.22. The average Bonchev–Trinajstić information content (AvgIpc) is 2.88. The molecule has 1 aliphatic rings. The number of aliphatic hydroxyl groups excluding tert-OH is 2. The van der Waals surface area contributed by atoms with E-state index < -0.39 is 12.2 Å². The Hall–Kier alpha value is -3.06. The van der Waals surface area contributed by atoms with Crippen LogP contribution in [0.3, 0.4) is 0 Å². The first-order chi connectivity index (χ1) is 16.1. The molecule has 1 fully saturated rings. The van der Waals surface area contributed by atoms with Crippen LogP contribution in [0.4, 0.5) is 5.69 Å². The van der Waals surface area contributed by atoms with Gasteiger partial charge in [-0.3, -0.25) is 4.90 Å². The monoisotopic (exact) mass is 448 g/mol. The molecule has 6 heteroatoms. The average molecular weight is 449 g/mol. The minimum atomic E-state index is -0.666. The van der Waals surface area contributed by atoms with E-state index >= 15 is 0 Å². The normalized spacial score (nSPS) is 16.3. The number of para-hydroxylation sites is 2. The highest BCUT2D eigenvalue weighted by Gasteiger charge is 2.21. The Morgan fingerprint density at radius 3 is 2.12 bits per heavy atom. The highest BCUT2D eigenvalue weighted by atomic mass is 16.5. The number of benzene rings is 3. The molecule has 1 aliphatic heterocycles. The number of aliphatic hydroxyl groups is 2. The molecule has 4 rings (SSSR count). The molecule has 1 heterocycles. The third kappa shape index (κ3) is 6.05. The summed E-state index contributed by atoms with van der Waals surface area (Å²) < 4.78 is 11.3. The minimum Gasteiger partial charge on any atom is -0.495 e. The van der Waals surface area contributed by atoms with Gasteiger partial charge in [0.2, 0.25) is 0 Å². The van der Waals surface area contributed by atoms with Crippen LogP contribution in [0.2, 0.25) is 0 Å². The summed E-state index contributed by atoms with van der Waals surface area (Å²) in [5, 5.41) is 21.0.